The first-order valence-electron chi connectivity index (χ1n) is 6.75. The summed E-state index contributed by atoms with van der Waals surface area (Å²) >= 11 is 0. The normalized spacial score (nSPS) is 19.0. The van der Waals surface area contributed by atoms with Crippen molar-refractivity contribution in [2.75, 3.05) is 20.8 Å². The zero-order valence-electron chi connectivity index (χ0n) is 11.7. The Balaban J connectivity index is 2.12. The van der Waals surface area contributed by atoms with Crippen LogP contribution in [-0.2, 0) is 0 Å². The summed E-state index contributed by atoms with van der Waals surface area (Å²) in [4.78, 5) is 8.81. The molecule has 0 spiro atoms. The Morgan fingerprint density at radius 1 is 1.15 bits per heavy atom. The molecule has 1 radical (unpaired) electrons. The molecule has 0 saturated carbocycles. The standard InChI is InChI=1S/C15H18N3O2/c1-19-13-7-10-12(8-14(13)20-2)17-9-18-15(10)11-5-3-4-6-16-11/h3,7-9,11,16H,4-6H2,1-2H3. The van der Waals surface area contributed by atoms with Crippen LogP contribution in [0.25, 0.3) is 10.9 Å². The Hall–Kier alpha value is -1.88. The van der Waals surface area contributed by atoms with E-state index in [9.17, 15) is 0 Å². The van der Waals surface area contributed by atoms with E-state index >= 15 is 0 Å². The second-order valence-electron chi connectivity index (χ2n) is 4.80. The van der Waals surface area contributed by atoms with Crippen LogP contribution in [0.3, 0.4) is 0 Å². The zero-order valence-corrected chi connectivity index (χ0v) is 11.7. The third-order valence-corrected chi connectivity index (χ3v) is 3.64. The number of hydrogen-bond acceptors (Lipinski definition) is 5. The molecular formula is C15H18N3O2. The van der Waals surface area contributed by atoms with Crippen molar-refractivity contribution in [3.8, 4) is 11.5 Å². The molecular weight excluding hydrogens is 254 g/mol. The molecule has 1 atom stereocenters. The lowest BCUT2D eigenvalue weighted by atomic mass is 9.98. The highest BCUT2D eigenvalue weighted by Crippen LogP contribution is 2.34. The van der Waals surface area contributed by atoms with Crippen molar-refractivity contribution >= 4 is 10.9 Å². The summed E-state index contributed by atoms with van der Waals surface area (Å²) < 4.78 is 10.7. The van der Waals surface area contributed by atoms with Crippen molar-refractivity contribution in [3.05, 3.63) is 30.6 Å². The summed E-state index contributed by atoms with van der Waals surface area (Å²) in [6.45, 7) is 0.990. The summed E-state index contributed by atoms with van der Waals surface area (Å²) in [6.07, 6.45) is 6.01. The molecule has 1 saturated heterocycles. The van der Waals surface area contributed by atoms with Gasteiger partial charge in [0.05, 0.1) is 31.5 Å². The number of ether oxygens (including phenoxy) is 2. The van der Waals surface area contributed by atoms with Gasteiger partial charge in [-0.15, -0.1) is 0 Å². The van der Waals surface area contributed by atoms with Crippen molar-refractivity contribution in [1.82, 2.24) is 15.3 Å². The first-order chi connectivity index (χ1) is 9.83. The van der Waals surface area contributed by atoms with Crippen LogP contribution in [0.4, 0.5) is 0 Å². The predicted octanol–water partition coefficient (Wildman–Crippen LogP) is 2.28. The number of nitrogens with zero attached hydrogens (tertiary/aromatic N) is 2. The molecule has 5 nitrogen and oxygen atoms in total. The third kappa shape index (κ3) is 2.29. The molecule has 1 unspecified atom stereocenters. The number of rotatable bonds is 3. The molecule has 1 fully saturated rings. The highest BCUT2D eigenvalue weighted by Gasteiger charge is 2.20. The number of methoxy groups -OCH3 is 2. The molecule has 20 heavy (non-hydrogen) atoms. The fourth-order valence-electron chi connectivity index (χ4n) is 2.62. The van der Waals surface area contributed by atoms with Crippen molar-refractivity contribution < 1.29 is 9.47 Å². The van der Waals surface area contributed by atoms with Gasteiger partial charge in [0.2, 0.25) is 0 Å². The van der Waals surface area contributed by atoms with E-state index in [-0.39, 0.29) is 6.04 Å². The maximum absolute atomic E-state index is 5.38. The Labute approximate surface area is 118 Å². The number of aromatic nitrogens is 2. The Morgan fingerprint density at radius 3 is 2.65 bits per heavy atom. The molecule has 105 valence electrons. The van der Waals surface area contributed by atoms with Gasteiger partial charge in [-0.1, -0.05) is 0 Å². The summed E-state index contributed by atoms with van der Waals surface area (Å²) in [5.74, 6) is 1.39. The largest absolute Gasteiger partial charge is 0.493 e. The van der Waals surface area contributed by atoms with Crippen LogP contribution in [-0.4, -0.2) is 30.7 Å². The van der Waals surface area contributed by atoms with E-state index in [4.69, 9.17) is 9.47 Å². The molecule has 1 aromatic carbocycles. The van der Waals surface area contributed by atoms with Crippen LogP contribution in [0.2, 0.25) is 0 Å². The van der Waals surface area contributed by atoms with E-state index < -0.39 is 0 Å². The van der Waals surface area contributed by atoms with E-state index in [1.807, 2.05) is 12.1 Å². The van der Waals surface area contributed by atoms with Crippen LogP contribution in [0.5, 0.6) is 11.5 Å². The predicted molar refractivity (Wildman–Crippen MR) is 76.9 cm³/mol. The molecule has 2 heterocycles. The molecule has 0 bridgehead atoms. The number of hydrogen-bond donors (Lipinski definition) is 1. The molecule has 1 aliphatic rings. The monoisotopic (exact) mass is 272 g/mol. The Morgan fingerprint density at radius 2 is 1.95 bits per heavy atom. The minimum Gasteiger partial charge on any atom is -0.493 e. The van der Waals surface area contributed by atoms with E-state index in [2.05, 4.69) is 21.7 Å². The van der Waals surface area contributed by atoms with Crippen LogP contribution in [0, 0.1) is 6.42 Å². The zero-order chi connectivity index (χ0) is 13.9. The lowest BCUT2D eigenvalue weighted by Gasteiger charge is -2.23. The van der Waals surface area contributed by atoms with Gasteiger partial charge >= 0.3 is 0 Å². The van der Waals surface area contributed by atoms with Crippen LogP contribution >= 0.6 is 0 Å². The third-order valence-electron chi connectivity index (χ3n) is 3.64. The fraction of sp³-hybridized carbons (Fsp3) is 0.400. The SMILES string of the molecule is COc1cc2ncnc(C3C[CH]CCN3)c2cc1OC. The van der Waals surface area contributed by atoms with E-state index in [1.165, 1.54) is 0 Å². The molecule has 1 aliphatic heterocycles. The maximum atomic E-state index is 5.38. The molecule has 0 amide bonds. The lowest BCUT2D eigenvalue weighted by molar-refractivity contribution is 0.355. The summed E-state index contributed by atoms with van der Waals surface area (Å²) in [5, 5.41) is 4.51. The average Bonchev–Trinajstić information content (AvgIpc) is 2.53. The lowest BCUT2D eigenvalue weighted by Crippen LogP contribution is -2.28. The van der Waals surface area contributed by atoms with Crippen molar-refractivity contribution in [1.29, 1.82) is 0 Å². The van der Waals surface area contributed by atoms with Crippen LogP contribution in [0.15, 0.2) is 18.5 Å². The summed E-state index contributed by atoms with van der Waals surface area (Å²) in [7, 11) is 3.27. The summed E-state index contributed by atoms with van der Waals surface area (Å²) in [6, 6.07) is 4.10. The number of benzene rings is 1. The van der Waals surface area contributed by atoms with Gasteiger partial charge in [-0.3, -0.25) is 0 Å². The van der Waals surface area contributed by atoms with Gasteiger partial charge < -0.3 is 14.8 Å². The molecule has 2 aromatic rings. The number of piperidine rings is 1. The second kappa shape index (κ2) is 5.63. The second-order valence-corrected chi connectivity index (χ2v) is 4.80. The topological polar surface area (TPSA) is 56.3 Å². The molecule has 1 N–H and O–H groups in total. The van der Waals surface area contributed by atoms with Crippen molar-refractivity contribution in [2.24, 2.45) is 0 Å². The van der Waals surface area contributed by atoms with Gasteiger partial charge in [-0.05, 0) is 31.9 Å². The van der Waals surface area contributed by atoms with Gasteiger partial charge in [-0.2, -0.15) is 0 Å². The van der Waals surface area contributed by atoms with Gasteiger partial charge in [0, 0.05) is 11.5 Å². The quantitative estimate of drug-likeness (QED) is 0.929. The molecule has 5 heteroatoms. The fourth-order valence-corrected chi connectivity index (χ4v) is 2.62. The van der Waals surface area contributed by atoms with Gasteiger partial charge in [0.15, 0.2) is 11.5 Å². The minimum atomic E-state index is 0.243. The van der Waals surface area contributed by atoms with Crippen LogP contribution < -0.4 is 14.8 Å². The number of nitrogens with one attached hydrogen (secondary N) is 1. The molecule has 0 aliphatic carbocycles. The first-order valence-corrected chi connectivity index (χ1v) is 6.75. The highest BCUT2D eigenvalue weighted by molar-refractivity contribution is 5.85. The summed E-state index contributed by atoms with van der Waals surface area (Å²) in [5.41, 5.74) is 1.90. The maximum Gasteiger partial charge on any atom is 0.162 e. The Kier molecular flexibility index (Phi) is 3.69. The number of fused-ring (bicyclic) bond motifs is 1. The van der Waals surface area contributed by atoms with E-state index in [1.54, 1.807) is 20.5 Å². The van der Waals surface area contributed by atoms with Gasteiger partial charge in [0.25, 0.3) is 0 Å². The highest BCUT2D eigenvalue weighted by atomic mass is 16.5. The minimum absolute atomic E-state index is 0.243. The molecule has 3 rings (SSSR count). The van der Waals surface area contributed by atoms with E-state index in [0.29, 0.717) is 11.5 Å². The average molecular weight is 272 g/mol. The van der Waals surface area contributed by atoms with Crippen molar-refractivity contribution in [3.63, 3.8) is 0 Å². The van der Waals surface area contributed by atoms with Crippen molar-refractivity contribution in [2.45, 2.75) is 18.9 Å². The molecule has 1 aromatic heterocycles. The van der Waals surface area contributed by atoms with Gasteiger partial charge in [-0.25, -0.2) is 9.97 Å². The Bertz CT molecular complexity index is 609. The van der Waals surface area contributed by atoms with E-state index in [0.717, 1.165) is 36.0 Å². The van der Waals surface area contributed by atoms with Crippen LogP contribution in [0.1, 0.15) is 24.6 Å². The van der Waals surface area contributed by atoms with Gasteiger partial charge in [0.1, 0.15) is 6.33 Å². The first kappa shape index (κ1) is 13.1. The smallest absolute Gasteiger partial charge is 0.162 e.